The third-order valence-corrected chi connectivity index (χ3v) is 4.53. The summed E-state index contributed by atoms with van der Waals surface area (Å²) in [4.78, 5) is 12.8. The van der Waals surface area contributed by atoms with Gasteiger partial charge in [0.2, 0.25) is 0 Å². The van der Waals surface area contributed by atoms with Crippen molar-refractivity contribution in [2.75, 3.05) is 13.2 Å². The molecule has 3 N–H and O–H groups in total. The first-order valence-corrected chi connectivity index (χ1v) is 7.94. The van der Waals surface area contributed by atoms with E-state index in [0.717, 1.165) is 22.1 Å². The third-order valence-electron chi connectivity index (χ3n) is 3.11. The smallest absolute Gasteiger partial charge is 0.315 e. The Labute approximate surface area is 129 Å². The number of nitrogens with one attached hydrogen (secondary N) is 2. The quantitative estimate of drug-likeness (QED) is 0.673. The van der Waals surface area contributed by atoms with Crippen molar-refractivity contribution in [1.82, 2.24) is 10.6 Å². The molecule has 114 valence electrons. The number of urea groups is 1. The normalized spacial score (nSPS) is 13.1. The van der Waals surface area contributed by atoms with Crippen LogP contribution in [-0.4, -0.2) is 24.3 Å². The zero-order chi connectivity index (χ0) is 15.2. The molecule has 0 saturated carbocycles. The molecule has 0 aromatic carbocycles. The Kier molecular flexibility index (Phi) is 6.79. The summed E-state index contributed by atoms with van der Waals surface area (Å²) in [6.07, 6.45) is 1.72. The standard InChI is InChI=1S/C14H23ClN2O2S/c1-10(11-5-6-12(15)20-11)17-13(19)16-8-4-7-14(2,3)9-18/h5-6,10,18H,4,7-9H2,1-3H3,(H2,16,17,19). The van der Waals surface area contributed by atoms with Gasteiger partial charge in [-0.3, -0.25) is 0 Å². The van der Waals surface area contributed by atoms with Gasteiger partial charge in [0.1, 0.15) is 0 Å². The molecule has 6 heteroatoms. The van der Waals surface area contributed by atoms with Gasteiger partial charge in [0.15, 0.2) is 0 Å². The highest BCUT2D eigenvalue weighted by molar-refractivity contribution is 7.16. The molecule has 1 aromatic rings. The van der Waals surface area contributed by atoms with Gasteiger partial charge in [0.25, 0.3) is 0 Å². The maximum atomic E-state index is 11.7. The van der Waals surface area contributed by atoms with Crippen molar-refractivity contribution in [3.05, 3.63) is 21.3 Å². The molecule has 4 nitrogen and oxygen atoms in total. The van der Waals surface area contributed by atoms with Crippen molar-refractivity contribution < 1.29 is 9.90 Å². The summed E-state index contributed by atoms with van der Waals surface area (Å²) in [5.41, 5.74) is -0.0842. The SMILES string of the molecule is CC(NC(=O)NCCCC(C)(C)CO)c1ccc(Cl)s1. The Balaban J connectivity index is 2.24. The number of carbonyl (C=O) groups excluding carboxylic acids is 1. The van der Waals surface area contributed by atoms with Gasteiger partial charge >= 0.3 is 6.03 Å². The maximum absolute atomic E-state index is 11.7. The Morgan fingerprint density at radius 2 is 2.20 bits per heavy atom. The minimum absolute atomic E-state index is 0.0543. The molecule has 0 bridgehead atoms. The van der Waals surface area contributed by atoms with Crippen molar-refractivity contribution in [2.24, 2.45) is 5.41 Å². The summed E-state index contributed by atoms with van der Waals surface area (Å²) in [7, 11) is 0. The van der Waals surface area contributed by atoms with E-state index < -0.39 is 0 Å². The number of aliphatic hydroxyl groups is 1. The summed E-state index contributed by atoms with van der Waals surface area (Å²) in [5, 5.41) is 14.8. The highest BCUT2D eigenvalue weighted by atomic mass is 35.5. The number of thiophene rings is 1. The monoisotopic (exact) mass is 318 g/mol. The van der Waals surface area contributed by atoms with Crippen LogP contribution in [0.4, 0.5) is 4.79 Å². The van der Waals surface area contributed by atoms with Gasteiger partial charge in [-0.15, -0.1) is 11.3 Å². The van der Waals surface area contributed by atoms with E-state index in [2.05, 4.69) is 10.6 Å². The van der Waals surface area contributed by atoms with Crippen LogP contribution in [0.5, 0.6) is 0 Å². The lowest BCUT2D eigenvalue weighted by Crippen LogP contribution is -2.37. The first kappa shape index (κ1) is 17.3. The van der Waals surface area contributed by atoms with Crippen LogP contribution in [0.1, 0.15) is 44.5 Å². The average Bonchev–Trinajstić information content (AvgIpc) is 2.81. The molecule has 1 heterocycles. The van der Waals surface area contributed by atoms with Crippen LogP contribution in [-0.2, 0) is 0 Å². The molecule has 0 aliphatic rings. The molecule has 0 radical (unpaired) electrons. The van der Waals surface area contributed by atoms with Gasteiger partial charge in [-0.05, 0) is 37.3 Å². The van der Waals surface area contributed by atoms with Crippen LogP contribution in [0.15, 0.2) is 12.1 Å². The minimum Gasteiger partial charge on any atom is -0.396 e. The highest BCUT2D eigenvalue weighted by Crippen LogP contribution is 2.26. The number of halogens is 1. The highest BCUT2D eigenvalue weighted by Gasteiger charge is 2.16. The second kappa shape index (κ2) is 7.86. The fourth-order valence-electron chi connectivity index (χ4n) is 1.73. The van der Waals surface area contributed by atoms with Crippen LogP contribution >= 0.6 is 22.9 Å². The average molecular weight is 319 g/mol. The number of amides is 2. The Hall–Kier alpha value is -0.780. The van der Waals surface area contributed by atoms with E-state index in [1.54, 1.807) is 0 Å². The molecular formula is C14H23ClN2O2S. The second-order valence-corrected chi connectivity index (χ2v) is 7.44. The van der Waals surface area contributed by atoms with Crippen LogP contribution < -0.4 is 10.6 Å². The van der Waals surface area contributed by atoms with Gasteiger partial charge in [-0.2, -0.15) is 0 Å². The van der Waals surface area contributed by atoms with Crippen LogP contribution in [0.3, 0.4) is 0 Å². The molecule has 0 aliphatic carbocycles. The first-order chi connectivity index (χ1) is 9.34. The zero-order valence-corrected chi connectivity index (χ0v) is 13.8. The Morgan fingerprint density at radius 3 is 2.75 bits per heavy atom. The predicted octanol–water partition coefficient (Wildman–Crippen LogP) is 3.56. The maximum Gasteiger partial charge on any atom is 0.315 e. The minimum atomic E-state index is -0.177. The van der Waals surface area contributed by atoms with Gasteiger partial charge in [0.05, 0.1) is 10.4 Å². The van der Waals surface area contributed by atoms with E-state index in [1.165, 1.54) is 11.3 Å². The predicted molar refractivity (Wildman–Crippen MR) is 84.4 cm³/mol. The third kappa shape index (κ3) is 6.11. The molecule has 2 amide bonds. The van der Waals surface area contributed by atoms with Gasteiger partial charge < -0.3 is 15.7 Å². The molecule has 1 rings (SSSR count). The summed E-state index contributed by atoms with van der Waals surface area (Å²) >= 11 is 7.34. The molecule has 1 aromatic heterocycles. The van der Waals surface area contributed by atoms with E-state index >= 15 is 0 Å². The Morgan fingerprint density at radius 1 is 1.50 bits per heavy atom. The molecule has 0 aliphatic heterocycles. The molecule has 1 unspecified atom stereocenters. The van der Waals surface area contributed by atoms with Gasteiger partial charge in [-0.1, -0.05) is 25.4 Å². The molecule has 0 spiro atoms. The summed E-state index contributed by atoms with van der Waals surface area (Å²) < 4.78 is 0.722. The molecule has 0 fully saturated rings. The number of aliphatic hydroxyl groups excluding tert-OH is 1. The molecule has 0 saturated heterocycles. The number of rotatable bonds is 7. The summed E-state index contributed by atoms with van der Waals surface area (Å²) in [6.45, 7) is 6.71. The van der Waals surface area contributed by atoms with Crippen LogP contribution in [0.2, 0.25) is 4.34 Å². The molecule has 20 heavy (non-hydrogen) atoms. The lowest BCUT2D eigenvalue weighted by molar-refractivity contribution is 0.148. The van der Waals surface area contributed by atoms with Crippen molar-refractivity contribution in [3.63, 3.8) is 0 Å². The summed E-state index contributed by atoms with van der Waals surface area (Å²) in [6, 6.07) is 3.52. The topological polar surface area (TPSA) is 61.4 Å². The van der Waals surface area contributed by atoms with Crippen LogP contribution in [0, 0.1) is 5.41 Å². The lowest BCUT2D eigenvalue weighted by Gasteiger charge is -2.21. The first-order valence-electron chi connectivity index (χ1n) is 6.74. The summed E-state index contributed by atoms with van der Waals surface area (Å²) in [5.74, 6) is 0. The fraction of sp³-hybridized carbons (Fsp3) is 0.643. The lowest BCUT2D eigenvalue weighted by atomic mass is 9.89. The van der Waals surface area contributed by atoms with E-state index in [1.807, 2.05) is 32.9 Å². The Bertz CT molecular complexity index is 435. The van der Waals surface area contributed by atoms with E-state index in [4.69, 9.17) is 16.7 Å². The van der Waals surface area contributed by atoms with Crippen molar-refractivity contribution in [1.29, 1.82) is 0 Å². The van der Waals surface area contributed by atoms with Gasteiger partial charge in [0, 0.05) is 18.0 Å². The number of hydrogen-bond donors (Lipinski definition) is 3. The van der Waals surface area contributed by atoms with E-state index in [-0.39, 0.29) is 24.1 Å². The molecule has 1 atom stereocenters. The van der Waals surface area contributed by atoms with Crippen LogP contribution in [0.25, 0.3) is 0 Å². The van der Waals surface area contributed by atoms with Crippen molar-refractivity contribution >= 4 is 29.0 Å². The van der Waals surface area contributed by atoms with Crippen molar-refractivity contribution in [2.45, 2.75) is 39.7 Å². The van der Waals surface area contributed by atoms with E-state index in [9.17, 15) is 4.79 Å². The zero-order valence-electron chi connectivity index (χ0n) is 12.2. The van der Waals surface area contributed by atoms with E-state index in [0.29, 0.717) is 6.54 Å². The number of carbonyl (C=O) groups is 1. The van der Waals surface area contributed by atoms with Gasteiger partial charge in [-0.25, -0.2) is 4.79 Å². The largest absolute Gasteiger partial charge is 0.396 e. The fourth-order valence-corrected chi connectivity index (χ4v) is 2.79. The number of hydrogen-bond acceptors (Lipinski definition) is 3. The van der Waals surface area contributed by atoms with Crippen molar-refractivity contribution in [3.8, 4) is 0 Å². The second-order valence-electron chi connectivity index (χ2n) is 5.69. The molecular weight excluding hydrogens is 296 g/mol.